The molecule has 1 heterocycles. The first kappa shape index (κ1) is 13.1. The van der Waals surface area contributed by atoms with Crippen molar-refractivity contribution in [3.8, 4) is 0 Å². The van der Waals surface area contributed by atoms with Crippen molar-refractivity contribution in [3.63, 3.8) is 0 Å². The number of carbonyl (C=O) groups is 1. The van der Waals surface area contributed by atoms with Gasteiger partial charge in [-0.1, -0.05) is 23.7 Å². The van der Waals surface area contributed by atoms with E-state index >= 15 is 0 Å². The van der Waals surface area contributed by atoms with Gasteiger partial charge in [0.05, 0.1) is 18.3 Å². The molecular weight excluding hydrogens is 272 g/mol. The first-order chi connectivity index (χ1) is 9.72. The molecule has 1 aromatic carbocycles. The first-order valence-electron chi connectivity index (χ1n) is 6.72. The number of aromatic nitrogens is 1. The summed E-state index contributed by atoms with van der Waals surface area (Å²) >= 11 is 5.92. The van der Waals surface area contributed by atoms with Crippen molar-refractivity contribution in [1.82, 2.24) is 4.98 Å². The Balaban J connectivity index is 1.72. The van der Waals surface area contributed by atoms with Crippen molar-refractivity contribution in [2.24, 2.45) is 0 Å². The van der Waals surface area contributed by atoms with Crippen LogP contribution in [0.25, 0.3) is 0 Å². The Bertz CT molecular complexity index is 655. The SMILES string of the molecule is O=C(Cc1cccc(Cl)c1)Nc1cncc2c1CCC2. The topological polar surface area (TPSA) is 42.0 Å². The van der Waals surface area contributed by atoms with Crippen LogP contribution in [0, 0.1) is 0 Å². The molecular formula is C16H15ClN2O. The molecule has 1 aliphatic rings. The maximum absolute atomic E-state index is 12.1. The van der Waals surface area contributed by atoms with Gasteiger partial charge < -0.3 is 5.32 Å². The fraction of sp³-hybridized carbons (Fsp3) is 0.250. The average Bonchev–Trinajstić information content (AvgIpc) is 2.88. The molecule has 20 heavy (non-hydrogen) atoms. The van der Waals surface area contributed by atoms with Gasteiger partial charge in [-0.05, 0) is 48.1 Å². The second-order valence-corrected chi connectivity index (χ2v) is 5.47. The molecule has 0 saturated carbocycles. The number of carbonyl (C=O) groups excluding carboxylic acids is 1. The predicted molar refractivity (Wildman–Crippen MR) is 80.0 cm³/mol. The largest absolute Gasteiger partial charge is 0.324 e. The van der Waals surface area contributed by atoms with E-state index < -0.39 is 0 Å². The summed E-state index contributed by atoms with van der Waals surface area (Å²) in [4.78, 5) is 16.3. The van der Waals surface area contributed by atoms with Crippen LogP contribution in [0.15, 0.2) is 36.7 Å². The van der Waals surface area contributed by atoms with E-state index in [0.29, 0.717) is 11.4 Å². The molecule has 0 aliphatic heterocycles. The Morgan fingerprint density at radius 3 is 3.05 bits per heavy atom. The normalized spacial score (nSPS) is 13.1. The van der Waals surface area contributed by atoms with E-state index in [4.69, 9.17) is 11.6 Å². The molecule has 3 rings (SSSR count). The molecule has 0 saturated heterocycles. The Morgan fingerprint density at radius 1 is 1.30 bits per heavy atom. The van der Waals surface area contributed by atoms with Crippen LogP contribution in [0.2, 0.25) is 5.02 Å². The van der Waals surface area contributed by atoms with Gasteiger partial charge in [0.1, 0.15) is 0 Å². The number of aryl methyl sites for hydroxylation is 1. The fourth-order valence-electron chi connectivity index (χ4n) is 2.63. The number of fused-ring (bicyclic) bond motifs is 1. The Labute approximate surface area is 123 Å². The summed E-state index contributed by atoms with van der Waals surface area (Å²) in [6, 6.07) is 7.37. The number of halogens is 1. The molecule has 0 radical (unpaired) electrons. The van der Waals surface area contributed by atoms with E-state index in [9.17, 15) is 4.79 Å². The molecule has 2 aromatic rings. The minimum atomic E-state index is -0.0330. The van der Waals surface area contributed by atoms with E-state index in [0.717, 1.165) is 30.5 Å². The summed E-state index contributed by atoms with van der Waals surface area (Å²) in [7, 11) is 0. The zero-order valence-electron chi connectivity index (χ0n) is 11.0. The van der Waals surface area contributed by atoms with Gasteiger partial charge in [-0.15, -0.1) is 0 Å². The lowest BCUT2D eigenvalue weighted by atomic mass is 10.1. The van der Waals surface area contributed by atoms with Gasteiger partial charge >= 0.3 is 0 Å². The van der Waals surface area contributed by atoms with Crippen molar-refractivity contribution in [2.75, 3.05) is 5.32 Å². The molecule has 3 nitrogen and oxygen atoms in total. The first-order valence-corrected chi connectivity index (χ1v) is 7.10. The minimum Gasteiger partial charge on any atom is -0.324 e. The number of rotatable bonds is 3. The number of anilines is 1. The van der Waals surface area contributed by atoms with Crippen LogP contribution in [0.5, 0.6) is 0 Å². The summed E-state index contributed by atoms with van der Waals surface area (Å²) in [6.45, 7) is 0. The van der Waals surface area contributed by atoms with Crippen LogP contribution >= 0.6 is 11.6 Å². The van der Waals surface area contributed by atoms with E-state index in [1.807, 2.05) is 24.4 Å². The highest BCUT2D eigenvalue weighted by molar-refractivity contribution is 6.30. The highest BCUT2D eigenvalue weighted by Crippen LogP contribution is 2.27. The summed E-state index contributed by atoms with van der Waals surface area (Å²) in [5, 5.41) is 3.62. The Kier molecular flexibility index (Phi) is 3.70. The number of hydrogen-bond acceptors (Lipinski definition) is 2. The van der Waals surface area contributed by atoms with Gasteiger partial charge in [-0.2, -0.15) is 0 Å². The zero-order chi connectivity index (χ0) is 13.9. The lowest BCUT2D eigenvalue weighted by molar-refractivity contribution is -0.115. The Hall–Kier alpha value is -1.87. The van der Waals surface area contributed by atoms with E-state index in [2.05, 4.69) is 10.3 Å². The van der Waals surface area contributed by atoms with E-state index in [-0.39, 0.29) is 5.91 Å². The molecule has 102 valence electrons. The van der Waals surface area contributed by atoms with Gasteiger partial charge in [0.25, 0.3) is 0 Å². The number of benzene rings is 1. The van der Waals surface area contributed by atoms with Crippen LogP contribution in [0.4, 0.5) is 5.69 Å². The van der Waals surface area contributed by atoms with Crippen molar-refractivity contribution in [3.05, 3.63) is 58.4 Å². The molecule has 1 amide bonds. The third-order valence-electron chi connectivity index (χ3n) is 3.55. The predicted octanol–water partition coefficient (Wildman–Crippen LogP) is 3.40. The Morgan fingerprint density at radius 2 is 2.20 bits per heavy atom. The number of pyridine rings is 1. The van der Waals surface area contributed by atoms with Crippen molar-refractivity contribution < 1.29 is 4.79 Å². The molecule has 1 aliphatic carbocycles. The standard InChI is InChI=1S/C16H15ClN2O/c17-13-5-1-3-11(7-13)8-16(20)19-15-10-18-9-12-4-2-6-14(12)15/h1,3,5,7,9-10H,2,4,6,8H2,(H,19,20). The number of nitrogens with zero attached hydrogens (tertiary/aromatic N) is 1. The number of nitrogens with one attached hydrogen (secondary N) is 1. The van der Waals surface area contributed by atoms with Crippen LogP contribution in [0.3, 0.4) is 0 Å². The maximum atomic E-state index is 12.1. The highest BCUT2D eigenvalue weighted by Gasteiger charge is 2.16. The second kappa shape index (κ2) is 5.63. The number of hydrogen-bond donors (Lipinski definition) is 1. The molecule has 0 spiro atoms. The monoisotopic (exact) mass is 286 g/mol. The molecule has 0 unspecified atom stereocenters. The van der Waals surface area contributed by atoms with Gasteiger partial charge in [0, 0.05) is 11.2 Å². The summed E-state index contributed by atoms with van der Waals surface area (Å²) in [5.41, 5.74) is 4.26. The lowest BCUT2D eigenvalue weighted by Crippen LogP contribution is -2.15. The van der Waals surface area contributed by atoms with Crippen molar-refractivity contribution >= 4 is 23.2 Å². The quantitative estimate of drug-likeness (QED) is 0.939. The van der Waals surface area contributed by atoms with Crippen LogP contribution in [0.1, 0.15) is 23.1 Å². The summed E-state index contributed by atoms with van der Waals surface area (Å²) in [5.74, 6) is -0.0330. The van der Waals surface area contributed by atoms with E-state index in [1.54, 1.807) is 12.3 Å². The second-order valence-electron chi connectivity index (χ2n) is 5.03. The average molecular weight is 287 g/mol. The van der Waals surface area contributed by atoms with Crippen LogP contribution in [-0.4, -0.2) is 10.9 Å². The third-order valence-corrected chi connectivity index (χ3v) is 3.78. The maximum Gasteiger partial charge on any atom is 0.228 e. The van der Waals surface area contributed by atoms with Crippen LogP contribution in [-0.2, 0) is 24.1 Å². The molecule has 0 atom stereocenters. The van der Waals surface area contributed by atoms with Gasteiger partial charge in [-0.3, -0.25) is 9.78 Å². The molecule has 0 bridgehead atoms. The summed E-state index contributed by atoms with van der Waals surface area (Å²) in [6.07, 6.45) is 7.17. The third kappa shape index (κ3) is 2.83. The van der Waals surface area contributed by atoms with Gasteiger partial charge in [0.15, 0.2) is 0 Å². The highest BCUT2D eigenvalue weighted by atomic mass is 35.5. The fourth-order valence-corrected chi connectivity index (χ4v) is 2.84. The van der Waals surface area contributed by atoms with Crippen molar-refractivity contribution in [2.45, 2.75) is 25.7 Å². The van der Waals surface area contributed by atoms with Crippen LogP contribution < -0.4 is 5.32 Å². The zero-order valence-corrected chi connectivity index (χ0v) is 11.8. The smallest absolute Gasteiger partial charge is 0.228 e. The van der Waals surface area contributed by atoms with Gasteiger partial charge in [-0.25, -0.2) is 0 Å². The molecule has 1 N–H and O–H groups in total. The minimum absolute atomic E-state index is 0.0330. The van der Waals surface area contributed by atoms with Gasteiger partial charge in [0.2, 0.25) is 5.91 Å². The molecule has 0 fully saturated rings. The van der Waals surface area contributed by atoms with E-state index in [1.165, 1.54) is 11.1 Å². The molecule has 4 heteroatoms. The lowest BCUT2D eigenvalue weighted by Gasteiger charge is -2.09. The number of amides is 1. The summed E-state index contributed by atoms with van der Waals surface area (Å²) < 4.78 is 0. The molecule has 1 aromatic heterocycles. The van der Waals surface area contributed by atoms with Crippen molar-refractivity contribution in [1.29, 1.82) is 0 Å².